The number of aromatic hydroxyl groups is 1. The number of benzene rings is 1. The Bertz CT molecular complexity index is 576. The van der Waals surface area contributed by atoms with Crippen molar-refractivity contribution in [2.24, 2.45) is 5.92 Å². The monoisotopic (exact) mass is 346 g/mol. The van der Waals surface area contributed by atoms with Gasteiger partial charge in [-0.25, -0.2) is 0 Å². The van der Waals surface area contributed by atoms with Crippen LogP contribution in [0, 0.1) is 5.92 Å². The van der Waals surface area contributed by atoms with Crippen molar-refractivity contribution in [3.05, 3.63) is 23.8 Å². The Labute approximate surface area is 150 Å². The van der Waals surface area contributed by atoms with Gasteiger partial charge in [0.05, 0.1) is 6.61 Å². The van der Waals surface area contributed by atoms with Gasteiger partial charge in [0.15, 0.2) is 11.5 Å². The number of nitrogens with zero attached hydrogens (tertiary/aromatic N) is 1. The Kier molecular flexibility index (Phi) is 6.19. The van der Waals surface area contributed by atoms with Gasteiger partial charge in [-0.3, -0.25) is 9.69 Å². The number of amides is 1. The number of piperidine rings is 1. The normalized spacial score (nSPS) is 19.9. The number of rotatable bonds is 6. The molecule has 1 aliphatic heterocycles. The summed E-state index contributed by atoms with van der Waals surface area (Å²) in [5, 5.41) is 13.0. The van der Waals surface area contributed by atoms with Crippen molar-refractivity contribution >= 4 is 5.91 Å². The molecule has 0 bridgehead atoms. The first-order valence-electron chi connectivity index (χ1n) is 9.63. The predicted octanol–water partition coefficient (Wildman–Crippen LogP) is 3.06. The quantitative estimate of drug-likeness (QED) is 0.831. The molecule has 2 aliphatic rings. The molecule has 2 N–H and O–H groups in total. The molecule has 25 heavy (non-hydrogen) atoms. The molecule has 1 aromatic carbocycles. The minimum atomic E-state index is 0.163. The van der Waals surface area contributed by atoms with Gasteiger partial charge in [-0.05, 0) is 63.4 Å². The summed E-state index contributed by atoms with van der Waals surface area (Å²) in [7, 11) is 0. The Morgan fingerprint density at radius 3 is 2.64 bits per heavy atom. The van der Waals surface area contributed by atoms with Gasteiger partial charge >= 0.3 is 0 Å². The second-order valence-electron chi connectivity index (χ2n) is 7.28. The predicted molar refractivity (Wildman–Crippen MR) is 97.7 cm³/mol. The summed E-state index contributed by atoms with van der Waals surface area (Å²) in [6.45, 7) is 5.16. The zero-order valence-corrected chi connectivity index (χ0v) is 15.2. The van der Waals surface area contributed by atoms with E-state index in [2.05, 4.69) is 10.2 Å². The van der Waals surface area contributed by atoms with Crippen molar-refractivity contribution in [2.75, 3.05) is 19.7 Å². The lowest BCUT2D eigenvalue weighted by atomic mass is 9.95. The standard InChI is InChI=1S/C20H30N2O3/c1-2-25-19-13-15(7-8-18(19)23)14-22-11-9-16(10-12-22)20(24)21-17-5-3-4-6-17/h7-8,13,16-17,23H,2-6,9-12,14H2,1H3,(H,21,24). The summed E-state index contributed by atoms with van der Waals surface area (Å²) in [4.78, 5) is 14.8. The van der Waals surface area contributed by atoms with Gasteiger partial charge < -0.3 is 15.2 Å². The minimum Gasteiger partial charge on any atom is -0.504 e. The molecule has 1 aromatic rings. The second kappa shape index (κ2) is 8.56. The van der Waals surface area contributed by atoms with Gasteiger partial charge in [0.25, 0.3) is 0 Å². The van der Waals surface area contributed by atoms with Crippen LogP contribution in [0.4, 0.5) is 0 Å². The van der Waals surface area contributed by atoms with Crippen LogP contribution >= 0.6 is 0 Å². The maximum absolute atomic E-state index is 12.4. The van der Waals surface area contributed by atoms with Gasteiger partial charge in [-0.1, -0.05) is 18.9 Å². The summed E-state index contributed by atoms with van der Waals surface area (Å²) in [6, 6.07) is 5.97. The van der Waals surface area contributed by atoms with E-state index in [1.54, 1.807) is 6.07 Å². The second-order valence-corrected chi connectivity index (χ2v) is 7.28. The van der Waals surface area contributed by atoms with Crippen LogP contribution in [0.3, 0.4) is 0 Å². The molecule has 0 aromatic heterocycles. The Morgan fingerprint density at radius 2 is 1.96 bits per heavy atom. The molecule has 1 saturated heterocycles. The summed E-state index contributed by atoms with van der Waals surface area (Å²) in [5.41, 5.74) is 1.13. The molecule has 1 heterocycles. The van der Waals surface area contributed by atoms with Crippen LogP contribution in [0.1, 0.15) is 51.0 Å². The highest BCUT2D eigenvalue weighted by atomic mass is 16.5. The summed E-state index contributed by atoms with van der Waals surface area (Å²) >= 11 is 0. The zero-order chi connectivity index (χ0) is 17.6. The zero-order valence-electron chi connectivity index (χ0n) is 15.2. The Hall–Kier alpha value is -1.75. The number of phenolic OH excluding ortho intramolecular Hbond substituents is 1. The molecular formula is C20H30N2O3. The molecule has 0 unspecified atom stereocenters. The molecule has 1 aliphatic carbocycles. The lowest BCUT2D eigenvalue weighted by Gasteiger charge is -2.32. The van der Waals surface area contributed by atoms with E-state index >= 15 is 0 Å². The van der Waals surface area contributed by atoms with Gasteiger partial charge in [-0.15, -0.1) is 0 Å². The van der Waals surface area contributed by atoms with Gasteiger partial charge in [-0.2, -0.15) is 0 Å². The van der Waals surface area contributed by atoms with Gasteiger partial charge in [0.2, 0.25) is 5.91 Å². The number of nitrogens with one attached hydrogen (secondary N) is 1. The van der Waals surface area contributed by atoms with Crippen LogP contribution in [0.15, 0.2) is 18.2 Å². The topological polar surface area (TPSA) is 61.8 Å². The minimum absolute atomic E-state index is 0.163. The number of carbonyl (C=O) groups excluding carboxylic acids is 1. The Balaban J connectivity index is 1.47. The van der Waals surface area contributed by atoms with Crippen LogP contribution in [0.5, 0.6) is 11.5 Å². The third-order valence-electron chi connectivity index (χ3n) is 5.39. The highest BCUT2D eigenvalue weighted by molar-refractivity contribution is 5.79. The van der Waals surface area contributed by atoms with E-state index < -0.39 is 0 Å². The third kappa shape index (κ3) is 4.88. The molecule has 2 fully saturated rings. The molecule has 1 saturated carbocycles. The Morgan fingerprint density at radius 1 is 1.24 bits per heavy atom. The molecular weight excluding hydrogens is 316 g/mol. The maximum Gasteiger partial charge on any atom is 0.223 e. The fourth-order valence-corrected chi connectivity index (χ4v) is 3.93. The lowest BCUT2D eigenvalue weighted by molar-refractivity contribution is -0.127. The first-order chi connectivity index (χ1) is 12.2. The van der Waals surface area contributed by atoms with Crippen molar-refractivity contribution in [2.45, 2.75) is 58.0 Å². The van der Waals surface area contributed by atoms with E-state index in [1.807, 2.05) is 19.1 Å². The summed E-state index contributed by atoms with van der Waals surface area (Å²) < 4.78 is 5.46. The van der Waals surface area contributed by atoms with Crippen molar-refractivity contribution in [1.29, 1.82) is 0 Å². The average Bonchev–Trinajstić information content (AvgIpc) is 3.12. The fraction of sp³-hybridized carbons (Fsp3) is 0.650. The average molecular weight is 346 g/mol. The highest BCUT2D eigenvalue weighted by Crippen LogP contribution is 2.28. The van der Waals surface area contributed by atoms with Crippen LogP contribution in [0.2, 0.25) is 0 Å². The largest absolute Gasteiger partial charge is 0.504 e. The molecule has 5 heteroatoms. The number of hydrogen-bond donors (Lipinski definition) is 2. The first-order valence-corrected chi connectivity index (χ1v) is 9.63. The van der Waals surface area contributed by atoms with Crippen LogP contribution in [-0.2, 0) is 11.3 Å². The lowest BCUT2D eigenvalue weighted by Crippen LogP contribution is -2.42. The van der Waals surface area contributed by atoms with Crippen LogP contribution in [-0.4, -0.2) is 41.7 Å². The van der Waals surface area contributed by atoms with Crippen LogP contribution in [0.25, 0.3) is 0 Å². The smallest absolute Gasteiger partial charge is 0.223 e. The number of phenols is 1. The van der Waals surface area contributed by atoms with E-state index in [0.717, 1.165) is 50.9 Å². The maximum atomic E-state index is 12.4. The molecule has 5 nitrogen and oxygen atoms in total. The van der Waals surface area contributed by atoms with E-state index in [-0.39, 0.29) is 17.6 Å². The van der Waals surface area contributed by atoms with E-state index in [1.165, 1.54) is 12.8 Å². The number of carbonyl (C=O) groups is 1. The molecule has 0 spiro atoms. The fourth-order valence-electron chi connectivity index (χ4n) is 3.93. The molecule has 3 rings (SSSR count). The van der Waals surface area contributed by atoms with Gasteiger partial charge in [0, 0.05) is 18.5 Å². The molecule has 138 valence electrons. The molecule has 0 radical (unpaired) electrons. The third-order valence-corrected chi connectivity index (χ3v) is 5.39. The van der Waals surface area contributed by atoms with Crippen molar-refractivity contribution in [1.82, 2.24) is 10.2 Å². The van der Waals surface area contributed by atoms with E-state index in [9.17, 15) is 9.90 Å². The molecule has 0 atom stereocenters. The molecule has 1 amide bonds. The first kappa shape index (κ1) is 18.1. The van der Waals surface area contributed by atoms with Crippen LogP contribution < -0.4 is 10.1 Å². The summed E-state index contributed by atoms with van der Waals surface area (Å²) in [6.07, 6.45) is 6.64. The van der Waals surface area contributed by atoms with E-state index in [4.69, 9.17) is 4.74 Å². The number of likely N-dealkylation sites (tertiary alicyclic amines) is 1. The van der Waals surface area contributed by atoms with Gasteiger partial charge in [0.1, 0.15) is 0 Å². The van der Waals surface area contributed by atoms with E-state index in [0.29, 0.717) is 18.4 Å². The SMILES string of the molecule is CCOc1cc(CN2CCC(C(=O)NC3CCCC3)CC2)ccc1O. The van der Waals surface area contributed by atoms with Crippen molar-refractivity contribution < 1.29 is 14.6 Å². The van der Waals surface area contributed by atoms with Crippen molar-refractivity contribution in [3.63, 3.8) is 0 Å². The van der Waals surface area contributed by atoms with Crippen molar-refractivity contribution in [3.8, 4) is 11.5 Å². The number of hydrogen-bond acceptors (Lipinski definition) is 4. The summed E-state index contributed by atoms with van der Waals surface area (Å²) in [5.74, 6) is 1.16. The number of ether oxygens (including phenoxy) is 1. The highest BCUT2D eigenvalue weighted by Gasteiger charge is 2.27.